The molecule has 0 aromatic carbocycles. The van der Waals surface area contributed by atoms with E-state index in [4.69, 9.17) is 9.52 Å². The summed E-state index contributed by atoms with van der Waals surface area (Å²) in [6.07, 6.45) is 1.29. The number of ketones is 1. The van der Waals surface area contributed by atoms with Gasteiger partial charge in [-0.15, -0.1) is 0 Å². The van der Waals surface area contributed by atoms with Gasteiger partial charge in [-0.2, -0.15) is 0 Å². The van der Waals surface area contributed by atoms with E-state index in [0.29, 0.717) is 6.42 Å². The molecule has 14 heavy (non-hydrogen) atoms. The van der Waals surface area contributed by atoms with Crippen molar-refractivity contribution in [1.29, 1.82) is 0 Å². The van der Waals surface area contributed by atoms with Crippen LogP contribution >= 0.6 is 0 Å². The average molecular weight is 196 g/mol. The molecule has 1 rings (SSSR count). The van der Waals surface area contributed by atoms with Crippen LogP contribution in [0.25, 0.3) is 0 Å². The molecule has 4 heteroatoms. The van der Waals surface area contributed by atoms with Crippen molar-refractivity contribution in [1.82, 2.24) is 0 Å². The summed E-state index contributed by atoms with van der Waals surface area (Å²) in [7, 11) is 0. The summed E-state index contributed by atoms with van der Waals surface area (Å²) in [5, 5.41) is 9.07. The fourth-order valence-corrected chi connectivity index (χ4v) is 1.16. The second-order valence-electron chi connectivity index (χ2n) is 3.07. The van der Waals surface area contributed by atoms with Crippen molar-refractivity contribution < 1.29 is 14.3 Å². The highest BCUT2D eigenvalue weighted by Gasteiger charge is 2.06. The first kappa shape index (κ1) is 10.5. The van der Waals surface area contributed by atoms with E-state index in [1.54, 1.807) is 0 Å². The van der Waals surface area contributed by atoms with Crippen LogP contribution in [-0.2, 0) is 11.2 Å². The lowest BCUT2D eigenvalue weighted by Gasteiger charge is -1.98. The standard InChI is InChI=1S/C10H12O4/c1-2-3-7(11)4-9-5-8(12)6-10(13)14-9/h5-6,12H,2-4H2,1H3. The fraction of sp³-hybridized carbons (Fsp3) is 0.400. The molecule has 0 saturated carbocycles. The average Bonchev–Trinajstić information content (AvgIpc) is 2.01. The van der Waals surface area contributed by atoms with Crippen molar-refractivity contribution in [2.24, 2.45) is 0 Å². The van der Waals surface area contributed by atoms with Crippen molar-refractivity contribution in [3.8, 4) is 5.75 Å². The lowest BCUT2D eigenvalue weighted by atomic mass is 10.1. The van der Waals surface area contributed by atoms with Crippen LogP contribution in [0.4, 0.5) is 0 Å². The molecule has 0 aliphatic heterocycles. The van der Waals surface area contributed by atoms with Gasteiger partial charge in [-0.05, 0) is 6.42 Å². The van der Waals surface area contributed by atoms with Gasteiger partial charge in [0.15, 0.2) is 0 Å². The normalized spacial score (nSPS) is 10.1. The molecule has 0 radical (unpaired) electrons. The highest BCUT2D eigenvalue weighted by atomic mass is 16.4. The van der Waals surface area contributed by atoms with Crippen LogP contribution in [0, 0.1) is 0 Å². The molecule has 0 bridgehead atoms. The molecule has 0 amide bonds. The molecule has 0 aliphatic rings. The van der Waals surface area contributed by atoms with E-state index in [9.17, 15) is 9.59 Å². The number of Topliss-reactive ketones (excluding diaryl/α,β-unsaturated/α-hetero) is 1. The molecule has 0 fully saturated rings. The maximum absolute atomic E-state index is 11.2. The molecular weight excluding hydrogens is 184 g/mol. The Morgan fingerprint density at radius 1 is 1.50 bits per heavy atom. The molecule has 0 spiro atoms. The molecule has 4 nitrogen and oxygen atoms in total. The SMILES string of the molecule is CCCC(=O)Cc1cc(O)cc(=O)o1. The third-order valence-corrected chi connectivity index (χ3v) is 1.71. The van der Waals surface area contributed by atoms with Gasteiger partial charge in [0, 0.05) is 12.5 Å². The zero-order valence-electron chi connectivity index (χ0n) is 7.95. The molecule has 0 aliphatic carbocycles. The molecule has 1 aromatic heterocycles. The molecule has 0 saturated heterocycles. The Kier molecular flexibility index (Phi) is 3.45. The number of carbonyl (C=O) groups is 1. The molecule has 76 valence electrons. The van der Waals surface area contributed by atoms with E-state index in [1.807, 2.05) is 6.92 Å². The maximum atomic E-state index is 11.2. The van der Waals surface area contributed by atoms with Crippen molar-refractivity contribution in [2.45, 2.75) is 26.2 Å². The van der Waals surface area contributed by atoms with E-state index in [-0.39, 0.29) is 23.7 Å². The Morgan fingerprint density at radius 2 is 2.21 bits per heavy atom. The van der Waals surface area contributed by atoms with Gasteiger partial charge in [0.1, 0.15) is 17.3 Å². The van der Waals surface area contributed by atoms with Gasteiger partial charge < -0.3 is 9.52 Å². The Hall–Kier alpha value is -1.58. The quantitative estimate of drug-likeness (QED) is 0.787. The smallest absolute Gasteiger partial charge is 0.339 e. The number of hydrogen-bond acceptors (Lipinski definition) is 4. The van der Waals surface area contributed by atoms with Gasteiger partial charge in [0.2, 0.25) is 0 Å². The fourth-order valence-electron chi connectivity index (χ4n) is 1.16. The van der Waals surface area contributed by atoms with E-state index < -0.39 is 5.63 Å². The molecule has 1 aromatic rings. The Morgan fingerprint density at radius 3 is 2.79 bits per heavy atom. The van der Waals surface area contributed by atoms with Crippen molar-refractivity contribution in [2.75, 3.05) is 0 Å². The highest BCUT2D eigenvalue weighted by molar-refractivity contribution is 5.80. The second-order valence-corrected chi connectivity index (χ2v) is 3.07. The summed E-state index contributed by atoms with van der Waals surface area (Å²) in [6.45, 7) is 1.90. The van der Waals surface area contributed by atoms with Crippen LogP contribution in [0.2, 0.25) is 0 Å². The van der Waals surface area contributed by atoms with Gasteiger partial charge in [0.05, 0.1) is 12.5 Å². The van der Waals surface area contributed by atoms with Crippen molar-refractivity contribution in [3.05, 3.63) is 28.3 Å². The first-order valence-electron chi connectivity index (χ1n) is 4.46. The second kappa shape index (κ2) is 4.60. The highest BCUT2D eigenvalue weighted by Crippen LogP contribution is 2.09. The zero-order chi connectivity index (χ0) is 10.6. The predicted molar refractivity (Wildman–Crippen MR) is 50.3 cm³/mol. The summed E-state index contributed by atoms with van der Waals surface area (Å²) in [4.78, 5) is 22.0. The topological polar surface area (TPSA) is 67.5 Å². The third kappa shape index (κ3) is 3.05. The zero-order valence-corrected chi connectivity index (χ0v) is 7.95. The van der Waals surface area contributed by atoms with Crippen LogP contribution in [0.1, 0.15) is 25.5 Å². The van der Waals surface area contributed by atoms with E-state index in [2.05, 4.69) is 0 Å². The molecule has 0 unspecified atom stereocenters. The molecule has 1 heterocycles. The van der Waals surface area contributed by atoms with Gasteiger partial charge in [-0.1, -0.05) is 6.92 Å². The third-order valence-electron chi connectivity index (χ3n) is 1.71. The lowest BCUT2D eigenvalue weighted by Crippen LogP contribution is -2.05. The van der Waals surface area contributed by atoms with E-state index in [0.717, 1.165) is 12.5 Å². The summed E-state index contributed by atoms with van der Waals surface area (Å²) < 4.78 is 4.74. The van der Waals surface area contributed by atoms with Crippen molar-refractivity contribution in [3.63, 3.8) is 0 Å². The van der Waals surface area contributed by atoms with E-state index >= 15 is 0 Å². The Bertz CT molecular complexity index is 378. The summed E-state index contributed by atoms with van der Waals surface area (Å²) >= 11 is 0. The summed E-state index contributed by atoms with van der Waals surface area (Å²) in [6, 6.07) is 2.25. The minimum Gasteiger partial charge on any atom is -0.508 e. The molecule has 0 atom stereocenters. The predicted octanol–water partition coefficient (Wildman–Crippen LogP) is 1.26. The number of carbonyl (C=O) groups excluding carboxylic acids is 1. The first-order chi connectivity index (χ1) is 6.61. The largest absolute Gasteiger partial charge is 0.508 e. The lowest BCUT2D eigenvalue weighted by molar-refractivity contribution is -0.118. The van der Waals surface area contributed by atoms with Gasteiger partial charge in [-0.25, -0.2) is 4.79 Å². The number of aromatic hydroxyl groups is 1. The van der Waals surface area contributed by atoms with Crippen LogP contribution in [-0.4, -0.2) is 10.9 Å². The summed E-state index contributed by atoms with van der Waals surface area (Å²) in [5.41, 5.74) is -0.635. The Balaban J connectivity index is 2.76. The van der Waals surface area contributed by atoms with Crippen LogP contribution < -0.4 is 5.63 Å². The van der Waals surface area contributed by atoms with Crippen LogP contribution in [0.5, 0.6) is 5.75 Å². The van der Waals surface area contributed by atoms with Gasteiger partial charge >= 0.3 is 5.63 Å². The van der Waals surface area contributed by atoms with E-state index in [1.165, 1.54) is 6.07 Å². The van der Waals surface area contributed by atoms with Gasteiger partial charge in [0.25, 0.3) is 0 Å². The monoisotopic (exact) mass is 196 g/mol. The maximum Gasteiger partial charge on any atom is 0.339 e. The molecular formula is C10H12O4. The molecule has 1 N–H and O–H groups in total. The number of hydrogen-bond donors (Lipinski definition) is 1. The summed E-state index contributed by atoms with van der Waals surface area (Å²) in [5.74, 6) is 0.0512. The van der Waals surface area contributed by atoms with Crippen molar-refractivity contribution >= 4 is 5.78 Å². The number of rotatable bonds is 4. The first-order valence-corrected chi connectivity index (χ1v) is 4.46. The minimum atomic E-state index is -0.635. The van der Waals surface area contributed by atoms with Crippen LogP contribution in [0.3, 0.4) is 0 Å². The Labute approximate surface area is 81.2 Å². The van der Waals surface area contributed by atoms with Crippen LogP contribution in [0.15, 0.2) is 21.3 Å². The van der Waals surface area contributed by atoms with Gasteiger partial charge in [-0.3, -0.25) is 4.79 Å². The minimum absolute atomic E-state index is 0.00116.